The van der Waals surface area contributed by atoms with Crippen molar-refractivity contribution in [3.63, 3.8) is 0 Å². The lowest BCUT2D eigenvalue weighted by molar-refractivity contribution is -0.384. The molecular weight excluding hydrogens is 278 g/mol. The highest BCUT2D eigenvalue weighted by Gasteiger charge is 2.16. The van der Waals surface area contributed by atoms with Gasteiger partial charge in [-0.3, -0.25) is 14.8 Å². The number of nitro groups is 1. The van der Waals surface area contributed by atoms with Crippen LogP contribution < -0.4 is 0 Å². The molecule has 1 heterocycles. The largest absolute Gasteiger partial charge is 0.269 e. The fourth-order valence-corrected chi connectivity index (χ4v) is 2.65. The molecule has 0 aliphatic heterocycles. The second kappa shape index (κ2) is 5.63. The van der Waals surface area contributed by atoms with E-state index in [1.807, 2.05) is 25.5 Å². The number of hydrogen-bond acceptors (Lipinski definition) is 3. The second-order valence-corrected chi connectivity index (χ2v) is 5.44. The number of aromatic nitrogens is 2. The first-order valence-electron chi connectivity index (χ1n) is 6.31. The van der Waals surface area contributed by atoms with E-state index < -0.39 is 4.92 Å². The second-order valence-electron chi connectivity index (χ2n) is 4.78. The highest BCUT2D eigenvalue weighted by Crippen LogP contribution is 2.26. The number of rotatable bonds is 4. The Balaban J connectivity index is 2.26. The van der Waals surface area contributed by atoms with Crippen molar-refractivity contribution < 1.29 is 4.92 Å². The predicted octanol–water partition coefficient (Wildman–Crippen LogP) is 3.76. The van der Waals surface area contributed by atoms with Crippen LogP contribution in [0.1, 0.15) is 34.8 Å². The molecule has 20 heavy (non-hydrogen) atoms. The summed E-state index contributed by atoms with van der Waals surface area (Å²) < 4.78 is 1.88. The lowest BCUT2D eigenvalue weighted by Crippen LogP contribution is -2.04. The van der Waals surface area contributed by atoms with Gasteiger partial charge in [0.15, 0.2) is 0 Å². The summed E-state index contributed by atoms with van der Waals surface area (Å²) in [7, 11) is 0. The summed E-state index contributed by atoms with van der Waals surface area (Å²) in [6.07, 6.45) is 0. The molecule has 0 saturated heterocycles. The van der Waals surface area contributed by atoms with Gasteiger partial charge in [0.05, 0.1) is 22.5 Å². The quantitative estimate of drug-likeness (QED) is 0.490. The Kier molecular flexibility index (Phi) is 4.09. The molecule has 2 aromatic rings. The fraction of sp³-hybridized carbons (Fsp3) is 0.357. The van der Waals surface area contributed by atoms with Gasteiger partial charge in [-0.2, -0.15) is 5.10 Å². The Morgan fingerprint density at radius 2 is 1.95 bits per heavy atom. The average Bonchev–Trinajstić information content (AvgIpc) is 2.65. The van der Waals surface area contributed by atoms with E-state index >= 15 is 0 Å². The van der Waals surface area contributed by atoms with Crippen LogP contribution in [0.5, 0.6) is 0 Å². The molecule has 1 atom stereocenters. The molecule has 0 bridgehead atoms. The monoisotopic (exact) mass is 293 g/mol. The minimum Gasteiger partial charge on any atom is -0.265 e. The summed E-state index contributed by atoms with van der Waals surface area (Å²) in [5.74, 6) is 0. The SMILES string of the molecule is Cc1nn(Cc2ccc([N+](=O)[O-])cc2)c(C)c1C(C)Cl. The van der Waals surface area contributed by atoms with Crippen molar-refractivity contribution >= 4 is 17.3 Å². The molecule has 6 heteroatoms. The van der Waals surface area contributed by atoms with Crippen molar-refractivity contribution in [2.75, 3.05) is 0 Å². The highest BCUT2D eigenvalue weighted by molar-refractivity contribution is 6.20. The van der Waals surface area contributed by atoms with Gasteiger partial charge >= 0.3 is 0 Å². The molecule has 0 fully saturated rings. The van der Waals surface area contributed by atoms with E-state index in [0.717, 1.165) is 22.5 Å². The first-order chi connectivity index (χ1) is 9.40. The molecule has 0 saturated carbocycles. The minimum absolute atomic E-state index is 0.0828. The van der Waals surface area contributed by atoms with Crippen LogP contribution in [-0.4, -0.2) is 14.7 Å². The zero-order valence-electron chi connectivity index (χ0n) is 11.6. The van der Waals surface area contributed by atoms with Gasteiger partial charge in [0.2, 0.25) is 0 Å². The summed E-state index contributed by atoms with van der Waals surface area (Å²) in [5.41, 5.74) is 4.07. The molecule has 0 N–H and O–H groups in total. The lowest BCUT2D eigenvalue weighted by Gasteiger charge is -2.06. The average molecular weight is 294 g/mol. The van der Waals surface area contributed by atoms with Crippen LogP contribution in [0.4, 0.5) is 5.69 Å². The van der Waals surface area contributed by atoms with Crippen molar-refractivity contribution in [2.45, 2.75) is 32.7 Å². The molecule has 1 aromatic heterocycles. The van der Waals surface area contributed by atoms with Gasteiger partial charge in [-0.15, -0.1) is 11.6 Å². The first-order valence-corrected chi connectivity index (χ1v) is 6.75. The Labute approximate surface area is 122 Å². The van der Waals surface area contributed by atoms with Crippen molar-refractivity contribution in [1.82, 2.24) is 9.78 Å². The summed E-state index contributed by atoms with van der Waals surface area (Å²) in [6.45, 7) is 6.43. The normalized spacial score (nSPS) is 12.4. The molecule has 0 spiro atoms. The van der Waals surface area contributed by atoms with Gasteiger partial charge in [-0.1, -0.05) is 12.1 Å². The summed E-state index contributed by atoms with van der Waals surface area (Å²) in [4.78, 5) is 10.2. The van der Waals surface area contributed by atoms with Gasteiger partial charge in [-0.05, 0) is 26.3 Å². The summed E-state index contributed by atoms with van der Waals surface area (Å²) in [6, 6.07) is 6.51. The third-order valence-corrected chi connectivity index (χ3v) is 3.53. The van der Waals surface area contributed by atoms with Crippen LogP contribution >= 0.6 is 11.6 Å². The minimum atomic E-state index is -0.402. The molecule has 0 amide bonds. The molecule has 0 aliphatic rings. The van der Waals surface area contributed by atoms with Crippen LogP contribution in [-0.2, 0) is 6.54 Å². The van der Waals surface area contributed by atoms with Crippen LogP contribution in [0.2, 0.25) is 0 Å². The van der Waals surface area contributed by atoms with Gasteiger partial charge in [-0.25, -0.2) is 0 Å². The highest BCUT2D eigenvalue weighted by atomic mass is 35.5. The first kappa shape index (κ1) is 14.5. The van der Waals surface area contributed by atoms with Crippen molar-refractivity contribution in [2.24, 2.45) is 0 Å². The summed E-state index contributed by atoms with van der Waals surface area (Å²) >= 11 is 6.16. The molecule has 0 aliphatic carbocycles. The predicted molar refractivity (Wildman–Crippen MR) is 78.2 cm³/mol. The maximum absolute atomic E-state index is 10.6. The van der Waals surface area contributed by atoms with Crippen LogP contribution in [0.3, 0.4) is 0 Å². The van der Waals surface area contributed by atoms with E-state index in [1.165, 1.54) is 12.1 Å². The fourth-order valence-electron chi connectivity index (χ4n) is 2.34. The Bertz CT molecular complexity index is 633. The molecule has 1 aromatic carbocycles. The molecule has 2 rings (SSSR count). The van der Waals surface area contributed by atoms with Crippen LogP contribution in [0.25, 0.3) is 0 Å². The number of benzene rings is 1. The topological polar surface area (TPSA) is 61.0 Å². The van der Waals surface area contributed by atoms with Crippen molar-refractivity contribution in [1.29, 1.82) is 0 Å². The molecule has 0 radical (unpaired) electrons. The lowest BCUT2D eigenvalue weighted by atomic mass is 10.1. The third-order valence-electron chi connectivity index (χ3n) is 3.31. The Morgan fingerprint density at radius 3 is 2.40 bits per heavy atom. The number of aryl methyl sites for hydroxylation is 1. The van der Waals surface area contributed by atoms with Gasteiger partial charge in [0.1, 0.15) is 0 Å². The number of nitro benzene ring substituents is 1. The number of nitrogens with zero attached hydrogens (tertiary/aromatic N) is 3. The van der Waals surface area contributed by atoms with Gasteiger partial charge < -0.3 is 0 Å². The van der Waals surface area contributed by atoms with Crippen LogP contribution in [0, 0.1) is 24.0 Å². The van der Waals surface area contributed by atoms with Crippen molar-refractivity contribution in [3.05, 3.63) is 56.9 Å². The van der Waals surface area contributed by atoms with Crippen LogP contribution in [0.15, 0.2) is 24.3 Å². The summed E-state index contributed by atoms with van der Waals surface area (Å²) in [5, 5.41) is 15.0. The van der Waals surface area contributed by atoms with E-state index in [1.54, 1.807) is 12.1 Å². The molecule has 106 valence electrons. The third kappa shape index (κ3) is 2.82. The van der Waals surface area contributed by atoms with E-state index in [4.69, 9.17) is 11.6 Å². The van der Waals surface area contributed by atoms with E-state index in [-0.39, 0.29) is 11.1 Å². The maximum Gasteiger partial charge on any atom is 0.269 e. The molecular formula is C14H16ClN3O2. The van der Waals surface area contributed by atoms with Gasteiger partial charge in [0, 0.05) is 23.4 Å². The molecule has 5 nitrogen and oxygen atoms in total. The van der Waals surface area contributed by atoms with E-state index in [2.05, 4.69) is 5.10 Å². The van der Waals surface area contributed by atoms with Crippen molar-refractivity contribution in [3.8, 4) is 0 Å². The van der Waals surface area contributed by atoms with E-state index in [0.29, 0.717) is 6.54 Å². The van der Waals surface area contributed by atoms with E-state index in [9.17, 15) is 10.1 Å². The Morgan fingerprint density at radius 1 is 1.35 bits per heavy atom. The number of hydrogen-bond donors (Lipinski definition) is 0. The van der Waals surface area contributed by atoms with Gasteiger partial charge in [0.25, 0.3) is 5.69 Å². The standard InChI is InChI=1S/C14H16ClN3O2/c1-9(15)14-10(2)16-17(11(14)3)8-12-4-6-13(7-5-12)18(19)20/h4-7,9H,8H2,1-3H3. The Hall–Kier alpha value is -1.88. The zero-order chi connectivity index (χ0) is 14.9. The number of halogens is 1. The molecule has 1 unspecified atom stereocenters. The number of non-ortho nitro benzene ring substituents is 1. The smallest absolute Gasteiger partial charge is 0.265 e. The zero-order valence-corrected chi connectivity index (χ0v) is 12.4. The maximum atomic E-state index is 10.6. The number of alkyl halides is 1.